The fourth-order valence-electron chi connectivity index (χ4n) is 4.35. The number of rotatable bonds is 4. The van der Waals surface area contributed by atoms with Crippen LogP contribution in [0.5, 0.6) is 5.75 Å². The second-order valence-electron chi connectivity index (χ2n) is 9.91. The third kappa shape index (κ3) is 5.13. The van der Waals surface area contributed by atoms with Crippen molar-refractivity contribution >= 4 is 17.4 Å². The van der Waals surface area contributed by atoms with Crippen molar-refractivity contribution in [2.75, 3.05) is 13.1 Å². The number of phenolic OH excluding ortho intramolecular Hbond substituents is 1. The fourth-order valence-corrected chi connectivity index (χ4v) is 4.35. The van der Waals surface area contributed by atoms with E-state index in [1.165, 1.54) is 0 Å². The highest BCUT2D eigenvalue weighted by Gasteiger charge is 2.30. The highest BCUT2D eigenvalue weighted by Crippen LogP contribution is 2.32. The summed E-state index contributed by atoms with van der Waals surface area (Å²) in [6.45, 7) is 9.17. The molecule has 1 amide bonds. The number of phenols is 1. The van der Waals surface area contributed by atoms with Gasteiger partial charge in [-0.3, -0.25) is 15.5 Å². The average molecular weight is 467 g/mol. The molecule has 9 nitrogen and oxygen atoms in total. The van der Waals surface area contributed by atoms with Gasteiger partial charge in [-0.2, -0.15) is 5.10 Å². The maximum atomic E-state index is 12.4. The predicted octanol–water partition coefficient (Wildman–Crippen LogP) is 3.57. The predicted molar refractivity (Wildman–Crippen MR) is 131 cm³/mol. The summed E-state index contributed by atoms with van der Waals surface area (Å²) in [7, 11) is 0. The van der Waals surface area contributed by atoms with Crippen LogP contribution in [0.2, 0.25) is 0 Å². The van der Waals surface area contributed by atoms with Crippen molar-refractivity contribution in [1.29, 1.82) is 0 Å². The molecule has 1 saturated heterocycles. The van der Waals surface area contributed by atoms with E-state index in [1.807, 2.05) is 49.9 Å². The molecule has 2 aliphatic rings. The van der Waals surface area contributed by atoms with Crippen LogP contribution in [0.15, 0.2) is 48.6 Å². The van der Waals surface area contributed by atoms with Crippen molar-refractivity contribution in [1.82, 2.24) is 25.5 Å². The molecule has 182 valence electrons. The van der Waals surface area contributed by atoms with Crippen LogP contribution in [0.25, 0.3) is 11.3 Å². The van der Waals surface area contributed by atoms with Gasteiger partial charge in [-0.1, -0.05) is 12.1 Å². The van der Waals surface area contributed by atoms with Crippen molar-refractivity contribution in [2.45, 2.75) is 52.2 Å². The first-order valence-electron chi connectivity index (χ1n) is 11.7. The summed E-state index contributed by atoms with van der Waals surface area (Å²) < 4.78 is 7.48. The van der Waals surface area contributed by atoms with Gasteiger partial charge in [0.2, 0.25) is 0 Å². The Morgan fingerprint density at radius 3 is 2.62 bits per heavy atom. The Balaban J connectivity index is 1.44. The van der Waals surface area contributed by atoms with Crippen molar-refractivity contribution in [2.24, 2.45) is 11.7 Å². The molecule has 0 bridgehead atoms. The van der Waals surface area contributed by atoms with Gasteiger partial charge in [-0.15, -0.1) is 0 Å². The standard InChI is InChI=1S/C25H34N6O3/c1-16(17-9-11-30(12-10-17)24(33)34-25(2,3)4)31-15-18(14-27-31)20-13-21(28-29-23(20)26)19-7-5-6-8-22(19)32/h5-8,13-17,28-29,32H,9-12,26H2,1-4H3/t16-/m1/s1. The van der Waals surface area contributed by atoms with Crippen LogP contribution in [0.1, 0.15) is 57.7 Å². The van der Waals surface area contributed by atoms with Gasteiger partial charge in [0.25, 0.3) is 0 Å². The van der Waals surface area contributed by atoms with Gasteiger partial charge in [-0.25, -0.2) is 4.79 Å². The molecule has 4 rings (SSSR count). The molecular formula is C25H34N6O3. The zero-order valence-corrected chi connectivity index (χ0v) is 20.2. The molecule has 1 aromatic carbocycles. The quantitative estimate of drug-likeness (QED) is 0.544. The lowest BCUT2D eigenvalue weighted by Gasteiger charge is -2.35. The first-order valence-corrected chi connectivity index (χ1v) is 11.7. The average Bonchev–Trinajstić information content (AvgIpc) is 3.28. The van der Waals surface area contributed by atoms with Crippen molar-refractivity contribution < 1.29 is 14.6 Å². The van der Waals surface area contributed by atoms with E-state index in [4.69, 9.17) is 10.5 Å². The molecule has 0 aliphatic carbocycles. The number of aromatic hydroxyl groups is 1. The molecule has 1 aromatic heterocycles. The number of amides is 1. The number of benzene rings is 1. The number of likely N-dealkylation sites (tertiary alicyclic amines) is 1. The Morgan fingerprint density at radius 1 is 1.24 bits per heavy atom. The zero-order chi connectivity index (χ0) is 24.5. The number of piperidine rings is 1. The van der Waals surface area contributed by atoms with Gasteiger partial charge in [0.15, 0.2) is 0 Å². The minimum absolute atomic E-state index is 0.174. The summed E-state index contributed by atoms with van der Waals surface area (Å²) in [6, 6.07) is 7.31. The molecular weight excluding hydrogens is 432 g/mol. The number of hydrogen-bond donors (Lipinski definition) is 4. The van der Waals surface area contributed by atoms with E-state index in [9.17, 15) is 9.90 Å². The summed E-state index contributed by atoms with van der Waals surface area (Å²) in [6.07, 6.45) is 7.26. The number of allylic oxidation sites excluding steroid dienone is 2. The normalized spacial score (nSPS) is 18.1. The molecule has 9 heteroatoms. The third-order valence-corrected chi connectivity index (χ3v) is 6.31. The van der Waals surface area contributed by atoms with E-state index in [0.717, 1.165) is 29.7 Å². The Labute approximate surface area is 200 Å². The molecule has 3 heterocycles. The molecule has 1 fully saturated rings. The van der Waals surface area contributed by atoms with E-state index < -0.39 is 5.60 Å². The maximum Gasteiger partial charge on any atom is 0.410 e. The van der Waals surface area contributed by atoms with Crippen LogP contribution in [-0.2, 0) is 4.74 Å². The molecule has 2 aromatic rings. The summed E-state index contributed by atoms with van der Waals surface area (Å²) in [5.41, 5.74) is 14.8. The second-order valence-corrected chi connectivity index (χ2v) is 9.91. The maximum absolute atomic E-state index is 12.4. The fraction of sp³-hybridized carbons (Fsp3) is 0.440. The summed E-state index contributed by atoms with van der Waals surface area (Å²) in [4.78, 5) is 14.1. The number of ether oxygens (including phenoxy) is 1. The number of nitrogens with two attached hydrogens (primary N) is 1. The van der Waals surface area contributed by atoms with E-state index in [2.05, 4.69) is 22.9 Å². The van der Waals surface area contributed by atoms with E-state index in [-0.39, 0.29) is 17.9 Å². The van der Waals surface area contributed by atoms with Crippen LogP contribution in [0, 0.1) is 5.92 Å². The number of carbonyl (C=O) groups is 1. The van der Waals surface area contributed by atoms with Gasteiger partial charge < -0.3 is 20.5 Å². The number of hydrogen-bond acceptors (Lipinski definition) is 7. The monoisotopic (exact) mass is 466 g/mol. The minimum Gasteiger partial charge on any atom is -0.507 e. The minimum atomic E-state index is -0.486. The first kappa shape index (κ1) is 23.5. The Morgan fingerprint density at radius 2 is 1.94 bits per heavy atom. The zero-order valence-electron chi connectivity index (χ0n) is 20.2. The van der Waals surface area contributed by atoms with Crippen molar-refractivity contribution in [3.8, 4) is 5.75 Å². The number of hydrazine groups is 1. The van der Waals surface area contributed by atoms with E-state index >= 15 is 0 Å². The van der Waals surface area contributed by atoms with Crippen LogP contribution >= 0.6 is 0 Å². The Hall–Kier alpha value is -3.62. The van der Waals surface area contributed by atoms with Crippen LogP contribution < -0.4 is 16.6 Å². The van der Waals surface area contributed by atoms with Crippen molar-refractivity contribution in [3.63, 3.8) is 0 Å². The van der Waals surface area contributed by atoms with Gasteiger partial charge >= 0.3 is 6.09 Å². The van der Waals surface area contributed by atoms with Gasteiger partial charge in [0, 0.05) is 36.0 Å². The lowest BCUT2D eigenvalue weighted by atomic mass is 9.90. The molecule has 0 radical (unpaired) electrons. The first-order chi connectivity index (χ1) is 16.1. The summed E-state index contributed by atoms with van der Waals surface area (Å²) >= 11 is 0. The SMILES string of the molecule is C[C@H](C1CCN(C(=O)OC(C)(C)C)CC1)n1cc(C2=C(N)NNC(c3ccccc3O)=C2)cn1. The van der Waals surface area contributed by atoms with E-state index in [1.54, 1.807) is 23.2 Å². The van der Waals surface area contributed by atoms with Gasteiger partial charge in [0.05, 0.1) is 17.9 Å². The Kier molecular flexibility index (Phi) is 6.45. The molecule has 0 saturated carbocycles. The molecule has 5 N–H and O–H groups in total. The lowest BCUT2D eigenvalue weighted by molar-refractivity contribution is 0.0163. The number of aromatic nitrogens is 2. The highest BCUT2D eigenvalue weighted by atomic mass is 16.6. The largest absolute Gasteiger partial charge is 0.507 e. The topological polar surface area (TPSA) is 118 Å². The molecule has 2 aliphatic heterocycles. The molecule has 0 spiro atoms. The number of nitrogens with one attached hydrogen (secondary N) is 2. The van der Waals surface area contributed by atoms with Crippen LogP contribution in [0.4, 0.5) is 4.79 Å². The highest BCUT2D eigenvalue weighted by molar-refractivity contribution is 5.86. The lowest BCUT2D eigenvalue weighted by Crippen LogP contribution is -2.42. The summed E-state index contributed by atoms with van der Waals surface area (Å²) in [5, 5.41) is 14.8. The van der Waals surface area contributed by atoms with Crippen LogP contribution in [0.3, 0.4) is 0 Å². The third-order valence-electron chi connectivity index (χ3n) is 6.31. The Bertz CT molecular complexity index is 1110. The van der Waals surface area contributed by atoms with Gasteiger partial charge in [-0.05, 0) is 64.7 Å². The number of carbonyl (C=O) groups excluding carboxylic acids is 1. The van der Waals surface area contributed by atoms with E-state index in [0.29, 0.717) is 30.4 Å². The summed E-state index contributed by atoms with van der Waals surface area (Å²) in [5.74, 6) is 1.07. The smallest absolute Gasteiger partial charge is 0.410 e. The number of para-hydroxylation sites is 1. The van der Waals surface area contributed by atoms with Crippen LogP contribution in [-0.4, -0.2) is 44.6 Å². The van der Waals surface area contributed by atoms with Crippen molar-refractivity contribution in [3.05, 3.63) is 59.7 Å². The van der Waals surface area contributed by atoms with Gasteiger partial charge in [0.1, 0.15) is 17.2 Å². The number of nitrogens with zero attached hydrogens (tertiary/aromatic N) is 3. The second kappa shape index (κ2) is 9.32. The molecule has 0 unspecified atom stereocenters. The molecule has 34 heavy (non-hydrogen) atoms. The molecule has 1 atom stereocenters.